The van der Waals surface area contributed by atoms with Gasteiger partial charge < -0.3 is 15.0 Å². The Morgan fingerprint density at radius 2 is 2.30 bits per heavy atom. The third-order valence-electron chi connectivity index (χ3n) is 2.75. The average molecular weight is 279 g/mol. The quantitative estimate of drug-likeness (QED) is 0.372. The molecule has 106 valence electrons. The Hall–Kier alpha value is -2.64. The Morgan fingerprint density at radius 3 is 2.95 bits per heavy atom. The smallest absolute Gasteiger partial charge is 0.331 e. The molecule has 2 rings (SSSR count). The molecule has 0 spiro atoms. The molecule has 0 saturated heterocycles. The fourth-order valence-corrected chi connectivity index (χ4v) is 1.92. The van der Waals surface area contributed by atoms with Crippen LogP contribution in [0.1, 0.15) is 6.92 Å². The Balaban J connectivity index is 2.28. The van der Waals surface area contributed by atoms with Gasteiger partial charge in [0.1, 0.15) is 6.54 Å². The number of nitro groups is 1. The highest BCUT2D eigenvalue weighted by molar-refractivity contribution is 5.89. The fraction of sp³-hybridized carbons (Fsp3) is 0.333. The lowest BCUT2D eigenvalue weighted by atomic mass is 10.2. The first-order valence-electron chi connectivity index (χ1n) is 6.02. The number of fused-ring (bicyclic) bond motifs is 1. The molecule has 0 aliphatic carbocycles. The number of esters is 1. The van der Waals surface area contributed by atoms with Crippen LogP contribution >= 0.6 is 0 Å². The summed E-state index contributed by atoms with van der Waals surface area (Å²) in [6, 6.07) is 3.96. The molecule has 0 saturated carbocycles. The molecule has 0 unspecified atom stereocenters. The average Bonchev–Trinajstić information content (AvgIpc) is 2.37. The maximum atomic E-state index is 11.6. The van der Waals surface area contributed by atoms with E-state index in [9.17, 15) is 19.7 Å². The number of benzene rings is 1. The predicted octanol–water partition coefficient (Wildman–Crippen LogP) is 0.456. The lowest BCUT2D eigenvalue weighted by Gasteiger charge is -2.28. The summed E-state index contributed by atoms with van der Waals surface area (Å²) in [5, 5.41) is 13.3. The minimum atomic E-state index is -0.573. The number of non-ortho nitro benzene ring substituents is 1. The number of carbonyl (C=O) groups excluding carboxylic acids is 2. The largest absolute Gasteiger partial charge is 0.423 e. The second kappa shape index (κ2) is 5.55. The third kappa shape index (κ3) is 2.85. The first-order valence-corrected chi connectivity index (χ1v) is 6.02. The number of nitrogens with zero attached hydrogens (tertiary/aromatic N) is 2. The van der Waals surface area contributed by atoms with Crippen LogP contribution in [0.3, 0.4) is 0 Å². The van der Waals surface area contributed by atoms with E-state index in [0.717, 1.165) is 0 Å². The molecular weight excluding hydrogens is 266 g/mol. The zero-order valence-electron chi connectivity index (χ0n) is 10.8. The molecule has 0 radical (unpaired) electrons. The zero-order chi connectivity index (χ0) is 14.7. The van der Waals surface area contributed by atoms with Crippen LogP contribution in [0.25, 0.3) is 0 Å². The van der Waals surface area contributed by atoms with Crippen molar-refractivity contribution in [2.24, 2.45) is 0 Å². The van der Waals surface area contributed by atoms with Gasteiger partial charge in [-0.2, -0.15) is 0 Å². The molecule has 1 amide bonds. The van der Waals surface area contributed by atoms with E-state index in [2.05, 4.69) is 5.32 Å². The molecule has 8 heteroatoms. The molecule has 1 heterocycles. The molecule has 1 aromatic carbocycles. The van der Waals surface area contributed by atoms with E-state index in [0.29, 0.717) is 12.2 Å². The fourth-order valence-electron chi connectivity index (χ4n) is 1.92. The van der Waals surface area contributed by atoms with Gasteiger partial charge in [0, 0.05) is 12.6 Å². The number of ether oxygens (including phenoxy) is 1. The molecule has 1 aliphatic heterocycles. The number of anilines is 1. The highest BCUT2D eigenvalue weighted by Crippen LogP contribution is 2.34. The van der Waals surface area contributed by atoms with Crippen molar-refractivity contribution in [3.63, 3.8) is 0 Å². The van der Waals surface area contributed by atoms with E-state index in [1.165, 1.54) is 23.1 Å². The number of nitrogens with one attached hydrogen (secondary N) is 1. The van der Waals surface area contributed by atoms with Crippen LogP contribution in [0.5, 0.6) is 5.75 Å². The van der Waals surface area contributed by atoms with Gasteiger partial charge in [-0.15, -0.1) is 0 Å². The van der Waals surface area contributed by atoms with Gasteiger partial charge in [0.15, 0.2) is 5.75 Å². The van der Waals surface area contributed by atoms with E-state index in [4.69, 9.17) is 4.74 Å². The summed E-state index contributed by atoms with van der Waals surface area (Å²) in [5.74, 6) is -0.687. The van der Waals surface area contributed by atoms with Crippen LogP contribution in [-0.2, 0) is 9.59 Å². The highest BCUT2D eigenvalue weighted by atomic mass is 16.6. The van der Waals surface area contributed by atoms with Gasteiger partial charge in [-0.3, -0.25) is 14.9 Å². The van der Waals surface area contributed by atoms with E-state index in [1.54, 1.807) is 6.92 Å². The van der Waals surface area contributed by atoms with Crippen molar-refractivity contribution in [1.82, 2.24) is 5.32 Å². The summed E-state index contributed by atoms with van der Waals surface area (Å²) in [4.78, 5) is 34.7. The van der Waals surface area contributed by atoms with Crippen molar-refractivity contribution in [2.45, 2.75) is 6.92 Å². The van der Waals surface area contributed by atoms with Crippen molar-refractivity contribution < 1.29 is 19.2 Å². The standard InChI is InChI=1S/C12H13N3O5/c1-2-13-11(16)6-14-7-12(17)20-10-5-8(15(18)19)3-4-9(10)14/h3-5H,2,6-7H2,1H3,(H,13,16). The molecule has 8 nitrogen and oxygen atoms in total. The molecule has 1 N–H and O–H groups in total. The molecule has 20 heavy (non-hydrogen) atoms. The molecule has 0 bridgehead atoms. The van der Waals surface area contributed by atoms with Crippen molar-refractivity contribution in [1.29, 1.82) is 0 Å². The van der Waals surface area contributed by atoms with Gasteiger partial charge in [0.2, 0.25) is 5.91 Å². The zero-order valence-corrected chi connectivity index (χ0v) is 10.8. The second-order valence-electron chi connectivity index (χ2n) is 4.19. The first-order chi connectivity index (χ1) is 9.51. The Kier molecular flexibility index (Phi) is 3.83. The van der Waals surface area contributed by atoms with Gasteiger partial charge in [-0.25, -0.2) is 4.79 Å². The number of hydrogen-bond donors (Lipinski definition) is 1. The van der Waals surface area contributed by atoms with Crippen molar-refractivity contribution >= 4 is 23.3 Å². The third-order valence-corrected chi connectivity index (χ3v) is 2.75. The van der Waals surface area contributed by atoms with Gasteiger partial charge in [-0.1, -0.05) is 0 Å². The number of likely N-dealkylation sites (N-methyl/N-ethyl adjacent to an activating group) is 1. The molecule has 0 fully saturated rings. The number of amides is 1. The number of nitro benzene ring substituents is 1. The number of hydrogen-bond acceptors (Lipinski definition) is 6. The van der Waals surface area contributed by atoms with Gasteiger partial charge in [0.05, 0.1) is 23.2 Å². The lowest BCUT2D eigenvalue weighted by molar-refractivity contribution is -0.384. The minimum Gasteiger partial charge on any atom is -0.423 e. The van der Waals surface area contributed by atoms with Crippen molar-refractivity contribution in [3.05, 3.63) is 28.3 Å². The molecule has 0 aromatic heterocycles. The van der Waals surface area contributed by atoms with Crippen LogP contribution in [0.2, 0.25) is 0 Å². The van der Waals surface area contributed by atoms with Gasteiger partial charge >= 0.3 is 5.97 Å². The van der Waals surface area contributed by atoms with E-state index >= 15 is 0 Å². The van der Waals surface area contributed by atoms with E-state index in [-0.39, 0.29) is 30.4 Å². The van der Waals surface area contributed by atoms with Gasteiger partial charge in [0.25, 0.3) is 5.69 Å². The van der Waals surface area contributed by atoms with Crippen LogP contribution in [0, 0.1) is 10.1 Å². The molecule has 0 atom stereocenters. The minimum absolute atomic E-state index is 0.00620. The monoisotopic (exact) mass is 279 g/mol. The summed E-state index contributed by atoms with van der Waals surface area (Å²) < 4.78 is 4.98. The number of carbonyl (C=O) groups is 2. The first kappa shape index (κ1) is 13.8. The Bertz CT molecular complexity index is 572. The number of rotatable bonds is 4. The van der Waals surface area contributed by atoms with Crippen molar-refractivity contribution in [3.8, 4) is 5.75 Å². The summed E-state index contributed by atoms with van der Waals surface area (Å²) in [6.45, 7) is 2.21. The predicted molar refractivity (Wildman–Crippen MR) is 69.6 cm³/mol. The molecule has 1 aromatic rings. The summed E-state index contributed by atoms with van der Waals surface area (Å²) >= 11 is 0. The summed E-state index contributed by atoms with van der Waals surface area (Å²) in [7, 11) is 0. The molecule has 1 aliphatic rings. The maximum absolute atomic E-state index is 11.6. The highest BCUT2D eigenvalue weighted by Gasteiger charge is 2.27. The summed E-state index contributed by atoms with van der Waals surface area (Å²) in [6.07, 6.45) is 0. The van der Waals surface area contributed by atoms with E-state index < -0.39 is 10.9 Å². The normalized spacial score (nSPS) is 13.4. The van der Waals surface area contributed by atoms with Crippen molar-refractivity contribution in [2.75, 3.05) is 24.5 Å². The SMILES string of the molecule is CCNC(=O)CN1CC(=O)Oc2cc([N+](=O)[O-])ccc21. The summed E-state index contributed by atoms with van der Waals surface area (Å²) in [5.41, 5.74) is 0.317. The lowest BCUT2D eigenvalue weighted by Crippen LogP contribution is -2.43. The van der Waals surface area contributed by atoms with Crippen LogP contribution in [0.4, 0.5) is 11.4 Å². The topological polar surface area (TPSA) is 102 Å². The Labute approximate surface area is 114 Å². The van der Waals surface area contributed by atoms with Crippen LogP contribution in [0.15, 0.2) is 18.2 Å². The Morgan fingerprint density at radius 1 is 1.55 bits per heavy atom. The molecular formula is C12H13N3O5. The second-order valence-corrected chi connectivity index (χ2v) is 4.19. The van der Waals surface area contributed by atoms with Crippen LogP contribution < -0.4 is 15.0 Å². The van der Waals surface area contributed by atoms with Gasteiger partial charge in [-0.05, 0) is 13.0 Å². The van der Waals surface area contributed by atoms with E-state index in [1.807, 2.05) is 0 Å². The van der Waals surface area contributed by atoms with Crippen LogP contribution in [-0.4, -0.2) is 36.4 Å². The maximum Gasteiger partial charge on any atom is 0.331 e.